The normalized spacial score (nSPS) is 12.6. The fourth-order valence-corrected chi connectivity index (χ4v) is 3.12. The summed E-state index contributed by atoms with van der Waals surface area (Å²) in [5.41, 5.74) is 1.08. The molecule has 2 aromatic heterocycles. The van der Waals surface area contributed by atoms with Crippen molar-refractivity contribution in [2.75, 3.05) is 6.54 Å². The summed E-state index contributed by atoms with van der Waals surface area (Å²) in [6.45, 7) is 7.21. The zero-order valence-electron chi connectivity index (χ0n) is 11.8. The van der Waals surface area contributed by atoms with Gasteiger partial charge < -0.3 is 5.32 Å². The fraction of sp³-hybridized carbons (Fsp3) is 0.467. The molecule has 0 radical (unpaired) electrons. The van der Waals surface area contributed by atoms with Crippen LogP contribution in [0.4, 0.5) is 0 Å². The van der Waals surface area contributed by atoms with E-state index < -0.39 is 0 Å². The number of hydrogen-bond acceptors (Lipinski definition) is 4. The van der Waals surface area contributed by atoms with Crippen molar-refractivity contribution in [1.82, 2.24) is 15.3 Å². The summed E-state index contributed by atoms with van der Waals surface area (Å²) in [5.74, 6) is 0.834. The van der Waals surface area contributed by atoms with Crippen LogP contribution in [0.15, 0.2) is 24.4 Å². The van der Waals surface area contributed by atoms with Crippen molar-refractivity contribution >= 4 is 11.3 Å². The zero-order chi connectivity index (χ0) is 13.7. The molecule has 0 saturated heterocycles. The lowest BCUT2D eigenvalue weighted by Crippen LogP contribution is -2.24. The van der Waals surface area contributed by atoms with Crippen LogP contribution in [0.1, 0.15) is 41.2 Å². The SMILES string of the molecule is CCNC(Cc1ccc(CC)s1)c1ccnc(C)n1. The van der Waals surface area contributed by atoms with Gasteiger partial charge in [0.25, 0.3) is 0 Å². The largest absolute Gasteiger partial charge is 0.309 e. The van der Waals surface area contributed by atoms with Gasteiger partial charge in [0.15, 0.2) is 0 Å². The molecule has 0 spiro atoms. The van der Waals surface area contributed by atoms with Crippen LogP contribution in [0.25, 0.3) is 0 Å². The number of nitrogens with zero attached hydrogens (tertiary/aromatic N) is 2. The highest BCUT2D eigenvalue weighted by Gasteiger charge is 2.14. The van der Waals surface area contributed by atoms with Crippen LogP contribution in [0, 0.1) is 6.92 Å². The van der Waals surface area contributed by atoms with E-state index in [9.17, 15) is 0 Å². The minimum Gasteiger partial charge on any atom is -0.309 e. The molecule has 1 unspecified atom stereocenters. The third-order valence-electron chi connectivity index (χ3n) is 3.08. The maximum Gasteiger partial charge on any atom is 0.125 e. The first-order chi connectivity index (χ1) is 9.22. The van der Waals surface area contributed by atoms with Crippen LogP contribution in [-0.4, -0.2) is 16.5 Å². The molecular formula is C15H21N3S. The van der Waals surface area contributed by atoms with Crippen LogP contribution in [0.3, 0.4) is 0 Å². The highest BCUT2D eigenvalue weighted by Crippen LogP contribution is 2.23. The van der Waals surface area contributed by atoms with Crippen molar-refractivity contribution in [2.45, 2.75) is 39.7 Å². The van der Waals surface area contributed by atoms with Crippen molar-refractivity contribution in [1.29, 1.82) is 0 Å². The summed E-state index contributed by atoms with van der Waals surface area (Å²) in [4.78, 5) is 11.6. The van der Waals surface area contributed by atoms with Crippen LogP contribution >= 0.6 is 11.3 Å². The summed E-state index contributed by atoms with van der Waals surface area (Å²) in [6.07, 6.45) is 3.95. The molecule has 102 valence electrons. The maximum absolute atomic E-state index is 4.55. The molecule has 2 aromatic rings. The predicted octanol–water partition coefficient (Wildman–Crippen LogP) is 3.30. The van der Waals surface area contributed by atoms with Gasteiger partial charge in [-0.1, -0.05) is 13.8 Å². The second-order valence-corrected chi connectivity index (χ2v) is 5.82. The minimum absolute atomic E-state index is 0.273. The fourth-order valence-electron chi connectivity index (χ4n) is 2.12. The third-order valence-corrected chi connectivity index (χ3v) is 4.33. The summed E-state index contributed by atoms with van der Waals surface area (Å²) in [7, 11) is 0. The Balaban J connectivity index is 2.15. The molecule has 0 bridgehead atoms. The average molecular weight is 275 g/mol. The van der Waals surface area contributed by atoms with Crippen LogP contribution in [0.2, 0.25) is 0 Å². The van der Waals surface area contributed by atoms with Gasteiger partial charge in [-0.05, 0) is 38.1 Å². The first-order valence-electron chi connectivity index (χ1n) is 6.83. The third kappa shape index (κ3) is 3.85. The summed E-state index contributed by atoms with van der Waals surface area (Å²) in [6, 6.07) is 6.75. The van der Waals surface area contributed by atoms with Gasteiger partial charge in [0, 0.05) is 22.4 Å². The molecule has 4 heteroatoms. The quantitative estimate of drug-likeness (QED) is 0.879. The highest BCUT2D eigenvalue weighted by atomic mass is 32.1. The number of aromatic nitrogens is 2. The van der Waals surface area contributed by atoms with E-state index in [1.807, 2.05) is 30.5 Å². The average Bonchev–Trinajstić information content (AvgIpc) is 2.86. The summed E-state index contributed by atoms with van der Waals surface area (Å²) < 4.78 is 0. The van der Waals surface area contributed by atoms with Crippen LogP contribution < -0.4 is 5.32 Å². The Morgan fingerprint density at radius 3 is 2.63 bits per heavy atom. The Kier molecular flexibility index (Phi) is 5.05. The van der Waals surface area contributed by atoms with Crippen molar-refractivity contribution in [3.05, 3.63) is 45.7 Å². The van der Waals surface area contributed by atoms with Gasteiger partial charge in [-0.3, -0.25) is 0 Å². The number of aryl methyl sites for hydroxylation is 2. The molecule has 0 aliphatic rings. The molecule has 1 N–H and O–H groups in total. The smallest absolute Gasteiger partial charge is 0.125 e. The Morgan fingerprint density at radius 2 is 2.00 bits per heavy atom. The molecular weight excluding hydrogens is 254 g/mol. The molecule has 0 aliphatic carbocycles. The van der Waals surface area contributed by atoms with Crippen LogP contribution in [0.5, 0.6) is 0 Å². The molecule has 0 amide bonds. The number of likely N-dealkylation sites (N-methyl/N-ethyl adjacent to an activating group) is 1. The second kappa shape index (κ2) is 6.78. The van der Waals surface area contributed by atoms with Gasteiger partial charge in [-0.25, -0.2) is 9.97 Å². The molecule has 2 rings (SSSR count). The number of rotatable bonds is 6. The summed E-state index contributed by atoms with van der Waals surface area (Å²) >= 11 is 1.90. The second-order valence-electron chi connectivity index (χ2n) is 4.56. The Labute approximate surface area is 119 Å². The standard InChI is InChI=1S/C15H21N3S/c1-4-12-6-7-13(19-12)10-15(16-5-2)14-8-9-17-11(3)18-14/h6-9,15-16H,4-5,10H2,1-3H3. The van der Waals surface area contributed by atoms with E-state index in [1.165, 1.54) is 9.75 Å². The van der Waals surface area contributed by atoms with Gasteiger partial charge >= 0.3 is 0 Å². The highest BCUT2D eigenvalue weighted by molar-refractivity contribution is 7.11. The number of nitrogens with one attached hydrogen (secondary N) is 1. The number of thiophene rings is 1. The molecule has 19 heavy (non-hydrogen) atoms. The molecule has 0 fully saturated rings. The minimum atomic E-state index is 0.273. The predicted molar refractivity (Wildman–Crippen MR) is 80.6 cm³/mol. The lowest BCUT2D eigenvalue weighted by molar-refractivity contribution is 0.537. The monoisotopic (exact) mass is 275 g/mol. The summed E-state index contributed by atoms with van der Waals surface area (Å²) in [5, 5.41) is 3.52. The van der Waals surface area contributed by atoms with Crippen LogP contribution in [-0.2, 0) is 12.8 Å². The molecule has 0 aromatic carbocycles. The Morgan fingerprint density at radius 1 is 1.21 bits per heavy atom. The van der Waals surface area contributed by atoms with E-state index in [4.69, 9.17) is 0 Å². The van der Waals surface area contributed by atoms with E-state index in [0.717, 1.165) is 30.9 Å². The maximum atomic E-state index is 4.55. The molecule has 1 atom stereocenters. The van der Waals surface area contributed by atoms with E-state index >= 15 is 0 Å². The Bertz CT molecular complexity index is 522. The van der Waals surface area contributed by atoms with E-state index in [2.05, 4.69) is 41.3 Å². The van der Waals surface area contributed by atoms with Gasteiger partial charge in [0.1, 0.15) is 5.82 Å². The van der Waals surface area contributed by atoms with Gasteiger partial charge in [0.2, 0.25) is 0 Å². The molecule has 0 aliphatic heterocycles. The lowest BCUT2D eigenvalue weighted by Gasteiger charge is -2.16. The zero-order valence-corrected chi connectivity index (χ0v) is 12.6. The lowest BCUT2D eigenvalue weighted by atomic mass is 10.1. The van der Waals surface area contributed by atoms with E-state index in [0.29, 0.717) is 0 Å². The first kappa shape index (κ1) is 14.2. The topological polar surface area (TPSA) is 37.8 Å². The van der Waals surface area contributed by atoms with Crippen molar-refractivity contribution in [3.63, 3.8) is 0 Å². The van der Waals surface area contributed by atoms with Gasteiger partial charge in [0.05, 0.1) is 11.7 Å². The molecule has 3 nitrogen and oxygen atoms in total. The van der Waals surface area contributed by atoms with Gasteiger partial charge in [-0.2, -0.15) is 0 Å². The number of hydrogen-bond donors (Lipinski definition) is 1. The van der Waals surface area contributed by atoms with Crippen molar-refractivity contribution in [2.24, 2.45) is 0 Å². The molecule has 0 saturated carbocycles. The van der Waals surface area contributed by atoms with E-state index in [-0.39, 0.29) is 6.04 Å². The van der Waals surface area contributed by atoms with Crippen molar-refractivity contribution in [3.8, 4) is 0 Å². The Hall–Kier alpha value is -1.26. The van der Waals surface area contributed by atoms with E-state index in [1.54, 1.807) is 0 Å². The van der Waals surface area contributed by atoms with Crippen molar-refractivity contribution < 1.29 is 0 Å². The van der Waals surface area contributed by atoms with Gasteiger partial charge in [-0.15, -0.1) is 11.3 Å². The molecule has 2 heterocycles. The first-order valence-corrected chi connectivity index (χ1v) is 7.65.